The van der Waals surface area contributed by atoms with E-state index in [9.17, 15) is 19.8 Å². The predicted molar refractivity (Wildman–Crippen MR) is 154 cm³/mol. The van der Waals surface area contributed by atoms with Gasteiger partial charge in [0.05, 0.1) is 24.0 Å². The molecule has 4 bridgehead atoms. The third-order valence-electron chi connectivity index (χ3n) is 12.2. The number of aliphatic hydroxyl groups is 2. The molecule has 3 N–H and O–H groups in total. The number of Topliss-reactive ketones (excluding diaryl/α,β-unsaturated/α-hetero) is 1. The first-order valence-electron chi connectivity index (χ1n) is 15.5. The van der Waals surface area contributed by atoms with Gasteiger partial charge in [0.15, 0.2) is 11.6 Å². The van der Waals surface area contributed by atoms with Gasteiger partial charge in [-0.15, -0.1) is 0 Å². The van der Waals surface area contributed by atoms with Crippen molar-refractivity contribution in [2.45, 2.75) is 102 Å². The molecule has 0 aromatic carbocycles. The molecule has 8 rings (SSSR count). The highest BCUT2D eigenvalue weighted by atomic mass is 16.7. The number of ketones is 1. The summed E-state index contributed by atoms with van der Waals surface area (Å²) in [5, 5.41) is 23.9. The maximum Gasteiger partial charge on any atom is 0.340 e. The Hall–Kier alpha value is -2.30. The van der Waals surface area contributed by atoms with E-state index in [1.165, 1.54) is 6.92 Å². The maximum atomic E-state index is 13.6. The molecule has 0 amide bonds. The van der Waals surface area contributed by atoms with Crippen LogP contribution in [0.2, 0.25) is 0 Å². The van der Waals surface area contributed by atoms with Crippen molar-refractivity contribution in [3.05, 3.63) is 45.8 Å². The summed E-state index contributed by atoms with van der Waals surface area (Å²) in [6.07, 6.45) is 6.66. The van der Waals surface area contributed by atoms with Gasteiger partial charge in [-0.2, -0.15) is 0 Å². The van der Waals surface area contributed by atoms with Crippen LogP contribution in [0, 0.1) is 30.6 Å². The quantitative estimate of drug-likeness (QED) is 0.280. The first-order chi connectivity index (χ1) is 19.7. The highest BCUT2D eigenvalue weighted by Crippen LogP contribution is 2.74. The molecule has 4 heterocycles. The number of likely N-dealkylation sites (N-methyl/N-ethyl adjacent to an activating group) is 1. The lowest BCUT2D eigenvalue weighted by atomic mass is 9.41. The number of aryl methyl sites for hydroxylation is 1. The van der Waals surface area contributed by atoms with Gasteiger partial charge in [0.1, 0.15) is 17.3 Å². The Balaban J connectivity index is 1.30. The monoisotopic (exact) mass is 580 g/mol. The molecule has 8 atom stereocenters. The van der Waals surface area contributed by atoms with Crippen molar-refractivity contribution in [3.8, 4) is 0 Å². The van der Waals surface area contributed by atoms with Crippen molar-refractivity contribution in [2.24, 2.45) is 16.7 Å². The molecule has 2 saturated carbocycles. The largest absolute Gasteiger partial charge is 0.454 e. The summed E-state index contributed by atoms with van der Waals surface area (Å²) in [4.78, 5) is 31.0. The minimum Gasteiger partial charge on any atom is -0.454 e. The van der Waals surface area contributed by atoms with Gasteiger partial charge in [0.25, 0.3) is 0 Å². The fourth-order valence-electron chi connectivity index (χ4n) is 10.3. The van der Waals surface area contributed by atoms with E-state index in [1.54, 1.807) is 13.8 Å². The zero-order valence-electron chi connectivity index (χ0n) is 25.6. The smallest absolute Gasteiger partial charge is 0.340 e. The van der Waals surface area contributed by atoms with Crippen molar-refractivity contribution in [3.63, 3.8) is 0 Å². The van der Waals surface area contributed by atoms with E-state index >= 15 is 0 Å². The normalized spacial score (nSPS) is 43.0. The lowest BCUT2D eigenvalue weighted by molar-refractivity contribution is -0.401. The second-order valence-corrected chi connectivity index (χ2v) is 14.3. The van der Waals surface area contributed by atoms with Gasteiger partial charge in [-0.3, -0.25) is 4.79 Å². The number of hydrogen-bond donors (Lipinski definition) is 3. The number of aromatic amines is 1. The van der Waals surface area contributed by atoms with E-state index in [2.05, 4.69) is 36.0 Å². The molecule has 7 aliphatic rings. The second-order valence-electron chi connectivity index (χ2n) is 14.3. The van der Waals surface area contributed by atoms with E-state index in [4.69, 9.17) is 14.2 Å². The zero-order valence-corrected chi connectivity index (χ0v) is 25.6. The predicted octanol–water partition coefficient (Wildman–Crippen LogP) is 3.76. The Kier molecular flexibility index (Phi) is 6.02. The number of carbonyl (C=O) groups is 2. The number of allylic oxidation sites excluding steroid dienone is 1. The molecule has 4 aliphatic carbocycles. The Morgan fingerprint density at radius 2 is 1.98 bits per heavy atom. The molecular formula is C33H44N2O7. The molecule has 5 fully saturated rings. The number of H-pyrrole nitrogens is 1. The van der Waals surface area contributed by atoms with Crippen LogP contribution in [-0.4, -0.2) is 87.8 Å². The van der Waals surface area contributed by atoms with E-state index in [0.717, 1.165) is 30.5 Å². The molecule has 228 valence electrons. The van der Waals surface area contributed by atoms with Crippen molar-refractivity contribution in [1.29, 1.82) is 0 Å². The summed E-state index contributed by atoms with van der Waals surface area (Å²) in [7, 11) is 2.07. The van der Waals surface area contributed by atoms with Gasteiger partial charge in [-0.05, 0) is 76.1 Å². The molecule has 3 saturated heterocycles. The standard InChI is InChI=1S/C33H44N2O7/c1-18-26(19(2)34-27(18)20(3)36)28(38)41-21(4)23-9-10-32-24-8-7-22-15-31(39)12-11-29(22,5)33(24,42-31)25(37)16-30(23,32)17-35(6)13-14-40-32/h8-9,21-22,25,34,37,39H,7,10-17H2,1-6H3/t21?,22-,25?,29+,30?,31+,32+,33?/m1/s1. The summed E-state index contributed by atoms with van der Waals surface area (Å²) < 4.78 is 19.9. The SMILES string of the molecule is CC(=O)c1[nH]c(C)c(C(=O)OC(C)C2=CC[C@@]34OCCN(C)CC23CC(O)C23O[C@@]5(O)CC[C@@]2(C)[C@H](CC=C34)C5)c1C. The average molecular weight is 581 g/mol. The third kappa shape index (κ3) is 3.32. The summed E-state index contributed by atoms with van der Waals surface area (Å²) in [5.41, 5.74) is 1.13. The fourth-order valence-corrected chi connectivity index (χ4v) is 10.3. The van der Waals surface area contributed by atoms with Crippen LogP contribution in [0.1, 0.15) is 91.4 Å². The average Bonchev–Trinajstić information content (AvgIpc) is 3.32. The van der Waals surface area contributed by atoms with Crippen LogP contribution in [0.3, 0.4) is 0 Å². The summed E-state index contributed by atoms with van der Waals surface area (Å²) in [6, 6.07) is 0. The number of aromatic nitrogens is 1. The molecule has 1 aromatic rings. The molecule has 0 radical (unpaired) electrons. The van der Waals surface area contributed by atoms with Crippen LogP contribution in [0.4, 0.5) is 0 Å². The highest BCUT2D eigenvalue weighted by Gasteiger charge is 2.79. The fraction of sp³-hybridized carbons (Fsp3) is 0.697. The molecule has 1 aromatic heterocycles. The topological polar surface area (TPSA) is 121 Å². The van der Waals surface area contributed by atoms with Crippen LogP contribution in [0.15, 0.2) is 23.3 Å². The third-order valence-corrected chi connectivity index (χ3v) is 12.2. The number of aliphatic hydroxyl groups excluding tert-OH is 1. The lowest BCUT2D eigenvalue weighted by Crippen LogP contribution is -2.79. The maximum absolute atomic E-state index is 13.6. The van der Waals surface area contributed by atoms with Gasteiger partial charge in [0, 0.05) is 49.4 Å². The lowest BCUT2D eigenvalue weighted by Gasteiger charge is -2.73. The van der Waals surface area contributed by atoms with Crippen molar-refractivity contribution >= 4 is 11.8 Å². The minimum absolute atomic E-state index is 0.131. The molecular weight excluding hydrogens is 536 g/mol. The number of fused-ring (bicyclic) bond motifs is 1. The molecule has 42 heavy (non-hydrogen) atoms. The van der Waals surface area contributed by atoms with Crippen LogP contribution in [0.25, 0.3) is 0 Å². The van der Waals surface area contributed by atoms with Gasteiger partial charge in [0.2, 0.25) is 0 Å². The number of hydrogen-bond acceptors (Lipinski definition) is 8. The molecule has 3 aliphatic heterocycles. The number of ether oxygens (including phenoxy) is 3. The Labute approximate surface area is 247 Å². The van der Waals surface area contributed by atoms with E-state index in [0.29, 0.717) is 61.3 Å². The molecule has 9 heteroatoms. The number of esters is 1. The van der Waals surface area contributed by atoms with Gasteiger partial charge in [-0.25, -0.2) is 4.79 Å². The Bertz CT molecular complexity index is 1450. The Morgan fingerprint density at radius 1 is 1.21 bits per heavy atom. The van der Waals surface area contributed by atoms with Crippen LogP contribution >= 0.6 is 0 Å². The second kappa shape index (κ2) is 8.88. The first kappa shape index (κ1) is 28.5. The van der Waals surface area contributed by atoms with E-state index in [-0.39, 0.29) is 17.1 Å². The van der Waals surface area contributed by atoms with Crippen LogP contribution in [-0.2, 0) is 14.2 Å². The van der Waals surface area contributed by atoms with Gasteiger partial charge >= 0.3 is 5.97 Å². The van der Waals surface area contributed by atoms with Crippen molar-refractivity contribution < 1.29 is 34.0 Å². The number of nitrogens with one attached hydrogen (secondary N) is 1. The number of rotatable bonds is 4. The number of carbonyl (C=O) groups excluding carboxylic acids is 2. The van der Waals surface area contributed by atoms with Crippen LogP contribution in [0.5, 0.6) is 0 Å². The van der Waals surface area contributed by atoms with E-state index in [1.807, 2.05) is 6.92 Å². The molecule has 9 nitrogen and oxygen atoms in total. The van der Waals surface area contributed by atoms with Crippen molar-refractivity contribution in [2.75, 3.05) is 26.7 Å². The van der Waals surface area contributed by atoms with Crippen LogP contribution < -0.4 is 0 Å². The zero-order chi connectivity index (χ0) is 30.0. The summed E-state index contributed by atoms with van der Waals surface area (Å²) >= 11 is 0. The van der Waals surface area contributed by atoms with E-state index < -0.39 is 40.6 Å². The molecule has 1 spiro atoms. The number of nitrogens with zero attached hydrogens (tertiary/aromatic N) is 1. The summed E-state index contributed by atoms with van der Waals surface area (Å²) in [5.74, 6) is -1.63. The van der Waals surface area contributed by atoms with Crippen molar-refractivity contribution in [1.82, 2.24) is 9.88 Å². The highest BCUT2D eigenvalue weighted by molar-refractivity contribution is 6.00. The molecule has 4 unspecified atom stereocenters. The summed E-state index contributed by atoms with van der Waals surface area (Å²) in [6.45, 7) is 11.0. The first-order valence-corrected chi connectivity index (χ1v) is 15.5. The van der Waals surface area contributed by atoms with Gasteiger partial charge < -0.3 is 34.3 Å². The Morgan fingerprint density at radius 3 is 2.69 bits per heavy atom. The van der Waals surface area contributed by atoms with Gasteiger partial charge in [-0.1, -0.05) is 19.1 Å². The minimum atomic E-state index is -1.25.